The zero-order valence-electron chi connectivity index (χ0n) is 9.15. The first-order valence-electron chi connectivity index (χ1n) is 5.45. The van der Waals surface area contributed by atoms with Crippen LogP contribution in [0.2, 0.25) is 5.02 Å². The van der Waals surface area contributed by atoms with Crippen molar-refractivity contribution in [3.63, 3.8) is 0 Å². The number of hydrogen-bond acceptors (Lipinski definition) is 1. The van der Waals surface area contributed by atoms with Crippen molar-refractivity contribution >= 4 is 11.6 Å². The van der Waals surface area contributed by atoms with Gasteiger partial charge in [0.05, 0.1) is 5.02 Å². The molecule has 0 amide bonds. The van der Waals surface area contributed by atoms with Gasteiger partial charge in [-0.3, -0.25) is 0 Å². The Labute approximate surface area is 103 Å². The van der Waals surface area contributed by atoms with Gasteiger partial charge < -0.3 is 5.73 Å². The van der Waals surface area contributed by atoms with Gasteiger partial charge in [-0.25, -0.2) is 13.2 Å². The maximum Gasteiger partial charge on any atom is 0.248 e. The second kappa shape index (κ2) is 4.18. The summed E-state index contributed by atoms with van der Waals surface area (Å²) in [6.07, 6.45) is -0.487. The van der Waals surface area contributed by atoms with E-state index in [0.717, 1.165) is 0 Å². The van der Waals surface area contributed by atoms with Gasteiger partial charge in [0.1, 0.15) is 5.82 Å². The van der Waals surface area contributed by atoms with E-state index in [1.165, 1.54) is 12.1 Å². The third-order valence-electron chi connectivity index (χ3n) is 3.36. The van der Waals surface area contributed by atoms with E-state index in [0.29, 0.717) is 0 Å². The maximum absolute atomic E-state index is 13.8. The van der Waals surface area contributed by atoms with E-state index in [-0.39, 0.29) is 36.3 Å². The molecule has 0 bridgehead atoms. The lowest BCUT2D eigenvalue weighted by Gasteiger charge is -2.37. The lowest BCUT2D eigenvalue weighted by molar-refractivity contribution is -0.0518. The summed E-state index contributed by atoms with van der Waals surface area (Å²) in [6, 6.07) is 4.52. The molecule has 0 atom stereocenters. The largest absolute Gasteiger partial charge is 0.321 e. The van der Waals surface area contributed by atoms with E-state index >= 15 is 0 Å². The molecule has 0 saturated heterocycles. The highest BCUT2D eigenvalue weighted by Gasteiger charge is 2.43. The van der Waals surface area contributed by atoms with Crippen LogP contribution in [0.1, 0.15) is 31.2 Å². The van der Waals surface area contributed by atoms with Crippen LogP contribution in [0.4, 0.5) is 13.2 Å². The summed E-state index contributed by atoms with van der Waals surface area (Å²) in [5, 5.41) is -0.0235. The number of rotatable bonds is 1. The zero-order chi connectivity index (χ0) is 12.7. The molecule has 94 valence electrons. The van der Waals surface area contributed by atoms with E-state index in [1.807, 2.05) is 0 Å². The Kier molecular flexibility index (Phi) is 3.12. The quantitative estimate of drug-likeness (QED) is 0.818. The van der Waals surface area contributed by atoms with Crippen LogP contribution in [-0.4, -0.2) is 5.92 Å². The molecule has 2 rings (SSSR count). The molecular formula is C12H13ClF3N. The Bertz CT molecular complexity index is 424. The normalized spacial score (nSPS) is 22.4. The highest BCUT2D eigenvalue weighted by Crippen LogP contribution is 2.43. The monoisotopic (exact) mass is 263 g/mol. The first-order valence-corrected chi connectivity index (χ1v) is 5.83. The Morgan fingerprint density at radius 2 is 1.71 bits per heavy atom. The van der Waals surface area contributed by atoms with Crippen LogP contribution in [-0.2, 0) is 5.54 Å². The highest BCUT2D eigenvalue weighted by molar-refractivity contribution is 6.30. The van der Waals surface area contributed by atoms with Crippen molar-refractivity contribution in [3.05, 3.63) is 34.6 Å². The second-order valence-corrected chi connectivity index (χ2v) is 5.02. The van der Waals surface area contributed by atoms with Crippen molar-refractivity contribution in [2.75, 3.05) is 0 Å². The molecule has 0 spiro atoms. The van der Waals surface area contributed by atoms with Crippen molar-refractivity contribution in [1.82, 2.24) is 0 Å². The summed E-state index contributed by atoms with van der Waals surface area (Å²) in [5.74, 6) is -3.28. The molecule has 1 nitrogen and oxygen atoms in total. The van der Waals surface area contributed by atoms with Gasteiger partial charge in [-0.1, -0.05) is 23.7 Å². The molecule has 2 N–H and O–H groups in total. The minimum Gasteiger partial charge on any atom is -0.321 e. The molecule has 1 aliphatic rings. The standard InChI is InChI=1S/C12H13ClF3N/c13-9-3-1-2-8(10(9)14)11(17)4-6-12(15,16)7-5-11/h1-3H,4-7,17H2. The first-order chi connectivity index (χ1) is 7.84. The van der Waals surface area contributed by atoms with Crippen molar-refractivity contribution in [1.29, 1.82) is 0 Å². The Morgan fingerprint density at radius 1 is 1.12 bits per heavy atom. The molecule has 1 saturated carbocycles. The fourth-order valence-corrected chi connectivity index (χ4v) is 2.39. The van der Waals surface area contributed by atoms with Crippen molar-refractivity contribution in [2.45, 2.75) is 37.1 Å². The summed E-state index contributed by atoms with van der Waals surface area (Å²) in [4.78, 5) is 0. The topological polar surface area (TPSA) is 26.0 Å². The third-order valence-corrected chi connectivity index (χ3v) is 3.65. The summed E-state index contributed by atoms with van der Waals surface area (Å²) in [5.41, 5.74) is 5.24. The molecule has 0 aliphatic heterocycles. The maximum atomic E-state index is 13.8. The SMILES string of the molecule is NC1(c2cccc(Cl)c2F)CCC(F)(F)CC1. The first kappa shape index (κ1) is 12.7. The van der Waals surface area contributed by atoms with Crippen LogP contribution < -0.4 is 5.73 Å². The third kappa shape index (κ3) is 2.43. The van der Waals surface area contributed by atoms with E-state index in [1.54, 1.807) is 6.07 Å². The summed E-state index contributed by atoms with van der Waals surface area (Å²) in [7, 11) is 0. The molecular weight excluding hydrogens is 251 g/mol. The lowest BCUT2D eigenvalue weighted by atomic mass is 9.76. The van der Waals surface area contributed by atoms with E-state index in [4.69, 9.17) is 17.3 Å². The van der Waals surface area contributed by atoms with Crippen molar-refractivity contribution in [2.24, 2.45) is 5.73 Å². The molecule has 0 unspecified atom stereocenters. The molecule has 17 heavy (non-hydrogen) atoms. The predicted molar refractivity (Wildman–Crippen MR) is 60.7 cm³/mol. The van der Waals surface area contributed by atoms with Crippen LogP contribution in [0.3, 0.4) is 0 Å². The van der Waals surface area contributed by atoms with Gasteiger partial charge in [0.15, 0.2) is 0 Å². The van der Waals surface area contributed by atoms with E-state index < -0.39 is 17.3 Å². The fraction of sp³-hybridized carbons (Fsp3) is 0.500. The summed E-state index contributed by atoms with van der Waals surface area (Å²) in [6.45, 7) is 0. The summed E-state index contributed by atoms with van der Waals surface area (Å²) >= 11 is 5.67. The molecule has 1 fully saturated rings. The molecule has 5 heteroatoms. The van der Waals surface area contributed by atoms with Gasteiger partial charge in [0, 0.05) is 23.9 Å². The van der Waals surface area contributed by atoms with Gasteiger partial charge in [0.2, 0.25) is 5.92 Å². The van der Waals surface area contributed by atoms with Crippen LogP contribution in [0.25, 0.3) is 0 Å². The number of alkyl halides is 2. The van der Waals surface area contributed by atoms with Crippen molar-refractivity contribution < 1.29 is 13.2 Å². The Balaban J connectivity index is 2.31. The number of nitrogens with two attached hydrogens (primary N) is 1. The molecule has 1 aromatic carbocycles. The average molecular weight is 264 g/mol. The molecule has 1 aromatic rings. The number of halogens is 4. The van der Waals surface area contributed by atoms with E-state index in [2.05, 4.69) is 0 Å². The number of benzene rings is 1. The zero-order valence-corrected chi connectivity index (χ0v) is 9.91. The van der Waals surface area contributed by atoms with Crippen LogP contribution in [0.15, 0.2) is 18.2 Å². The Morgan fingerprint density at radius 3 is 2.29 bits per heavy atom. The van der Waals surface area contributed by atoms with Crippen molar-refractivity contribution in [3.8, 4) is 0 Å². The highest BCUT2D eigenvalue weighted by atomic mass is 35.5. The minimum atomic E-state index is -2.68. The predicted octanol–water partition coefficient (Wildman–Crippen LogP) is 3.84. The number of hydrogen-bond donors (Lipinski definition) is 1. The molecule has 0 aromatic heterocycles. The van der Waals surface area contributed by atoms with Crippen LogP contribution in [0.5, 0.6) is 0 Å². The van der Waals surface area contributed by atoms with Crippen LogP contribution in [0, 0.1) is 5.82 Å². The molecule has 0 heterocycles. The van der Waals surface area contributed by atoms with Gasteiger partial charge in [-0.2, -0.15) is 0 Å². The van der Waals surface area contributed by atoms with E-state index in [9.17, 15) is 13.2 Å². The van der Waals surface area contributed by atoms with Gasteiger partial charge in [-0.05, 0) is 18.9 Å². The molecule has 1 aliphatic carbocycles. The smallest absolute Gasteiger partial charge is 0.248 e. The molecule has 0 radical (unpaired) electrons. The van der Waals surface area contributed by atoms with Gasteiger partial charge in [0.25, 0.3) is 0 Å². The lowest BCUT2D eigenvalue weighted by Crippen LogP contribution is -2.44. The minimum absolute atomic E-state index is 0.0235. The second-order valence-electron chi connectivity index (χ2n) is 4.61. The van der Waals surface area contributed by atoms with Gasteiger partial charge >= 0.3 is 0 Å². The fourth-order valence-electron chi connectivity index (χ4n) is 2.22. The Hall–Kier alpha value is -0.740. The van der Waals surface area contributed by atoms with Gasteiger partial charge in [-0.15, -0.1) is 0 Å². The van der Waals surface area contributed by atoms with Crippen LogP contribution >= 0.6 is 11.6 Å². The average Bonchev–Trinajstić information content (AvgIpc) is 2.27. The summed E-state index contributed by atoms with van der Waals surface area (Å²) < 4.78 is 40.0.